The molecule has 0 radical (unpaired) electrons. The molecule has 20 heavy (non-hydrogen) atoms. The summed E-state index contributed by atoms with van der Waals surface area (Å²) in [5.41, 5.74) is 7.98. The van der Waals surface area contributed by atoms with E-state index in [1.54, 1.807) is 12.3 Å². The summed E-state index contributed by atoms with van der Waals surface area (Å²) in [5, 5.41) is 0. The predicted octanol–water partition coefficient (Wildman–Crippen LogP) is 2.74. The van der Waals surface area contributed by atoms with Gasteiger partial charge in [0, 0.05) is 25.3 Å². The molecule has 0 aliphatic carbocycles. The standard InChI is InChI=1S/C16H20FN3/c1-20(12-15-7-2-3-9-19-15)10-8-16(18)13-5-4-6-14(17)11-13/h2-7,9,11,16H,8,10,12,18H2,1H3. The second kappa shape index (κ2) is 7.12. The number of benzene rings is 1. The van der Waals surface area contributed by atoms with Crippen LogP contribution >= 0.6 is 0 Å². The van der Waals surface area contributed by atoms with E-state index in [2.05, 4.69) is 9.88 Å². The SMILES string of the molecule is CN(CCC(N)c1cccc(F)c1)Cc1ccccn1. The van der Waals surface area contributed by atoms with Crippen LogP contribution in [0.3, 0.4) is 0 Å². The van der Waals surface area contributed by atoms with Gasteiger partial charge < -0.3 is 10.6 Å². The van der Waals surface area contributed by atoms with Crippen molar-refractivity contribution in [1.82, 2.24) is 9.88 Å². The average molecular weight is 273 g/mol. The third-order valence-corrected chi connectivity index (χ3v) is 3.26. The molecule has 0 amide bonds. The van der Waals surface area contributed by atoms with Gasteiger partial charge in [-0.25, -0.2) is 4.39 Å². The summed E-state index contributed by atoms with van der Waals surface area (Å²) in [6.07, 6.45) is 2.58. The molecule has 0 aliphatic heterocycles. The molecule has 2 aromatic rings. The van der Waals surface area contributed by atoms with Crippen molar-refractivity contribution in [2.75, 3.05) is 13.6 Å². The Balaban J connectivity index is 1.82. The van der Waals surface area contributed by atoms with E-state index in [0.29, 0.717) is 0 Å². The Morgan fingerprint density at radius 2 is 2.10 bits per heavy atom. The van der Waals surface area contributed by atoms with Crippen LogP contribution in [0, 0.1) is 5.82 Å². The Labute approximate surface area is 119 Å². The van der Waals surface area contributed by atoms with E-state index in [-0.39, 0.29) is 11.9 Å². The van der Waals surface area contributed by atoms with Crippen LogP contribution in [0.5, 0.6) is 0 Å². The molecule has 1 heterocycles. The molecule has 1 aromatic carbocycles. The summed E-state index contributed by atoms with van der Waals surface area (Å²) in [5.74, 6) is -0.236. The number of hydrogen-bond donors (Lipinski definition) is 1. The number of hydrogen-bond acceptors (Lipinski definition) is 3. The maximum absolute atomic E-state index is 13.1. The smallest absolute Gasteiger partial charge is 0.123 e. The lowest BCUT2D eigenvalue weighted by Crippen LogP contribution is -2.23. The van der Waals surface area contributed by atoms with Crippen LogP contribution in [-0.4, -0.2) is 23.5 Å². The van der Waals surface area contributed by atoms with Crippen LogP contribution in [0.25, 0.3) is 0 Å². The van der Waals surface area contributed by atoms with Crippen LogP contribution in [0.2, 0.25) is 0 Å². The van der Waals surface area contributed by atoms with Crippen LogP contribution in [0.1, 0.15) is 23.7 Å². The number of pyridine rings is 1. The van der Waals surface area contributed by atoms with E-state index in [4.69, 9.17) is 5.73 Å². The van der Waals surface area contributed by atoms with Gasteiger partial charge in [-0.3, -0.25) is 4.98 Å². The fourth-order valence-electron chi connectivity index (χ4n) is 2.11. The highest BCUT2D eigenvalue weighted by atomic mass is 19.1. The van der Waals surface area contributed by atoms with Gasteiger partial charge in [-0.2, -0.15) is 0 Å². The van der Waals surface area contributed by atoms with Gasteiger partial charge in [-0.1, -0.05) is 18.2 Å². The van der Waals surface area contributed by atoms with Crippen molar-refractivity contribution >= 4 is 0 Å². The Hall–Kier alpha value is -1.78. The maximum atomic E-state index is 13.1. The van der Waals surface area contributed by atoms with Crippen LogP contribution in [-0.2, 0) is 6.54 Å². The monoisotopic (exact) mass is 273 g/mol. The summed E-state index contributed by atoms with van der Waals surface area (Å²) in [6.45, 7) is 1.63. The molecular weight excluding hydrogens is 253 g/mol. The Morgan fingerprint density at radius 1 is 1.25 bits per heavy atom. The highest BCUT2D eigenvalue weighted by Gasteiger charge is 2.09. The summed E-state index contributed by atoms with van der Waals surface area (Å²) < 4.78 is 13.1. The van der Waals surface area contributed by atoms with E-state index in [9.17, 15) is 4.39 Å². The molecule has 4 heteroatoms. The molecule has 0 bridgehead atoms. The van der Waals surface area contributed by atoms with Crippen molar-refractivity contribution in [3.05, 3.63) is 65.7 Å². The largest absolute Gasteiger partial charge is 0.324 e. The summed E-state index contributed by atoms with van der Waals surface area (Å²) >= 11 is 0. The highest BCUT2D eigenvalue weighted by Crippen LogP contribution is 2.15. The second-order valence-corrected chi connectivity index (χ2v) is 5.01. The molecule has 0 aliphatic rings. The number of nitrogens with zero attached hydrogens (tertiary/aromatic N) is 2. The lowest BCUT2D eigenvalue weighted by molar-refractivity contribution is 0.308. The first-order valence-corrected chi connectivity index (χ1v) is 6.74. The molecule has 1 unspecified atom stereocenters. The van der Waals surface area contributed by atoms with Gasteiger partial charge in [0.25, 0.3) is 0 Å². The lowest BCUT2D eigenvalue weighted by Gasteiger charge is -2.19. The number of aromatic nitrogens is 1. The molecule has 3 nitrogen and oxygen atoms in total. The third kappa shape index (κ3) is 4.40. The second-order valence-electron chi connectivity index (χ2n) is 5.01. The topological polar surface area (TPSA) is 42.1 Å². The minimum atomic E-state index is -0.236. The van der Waals surface area contributed by atoms with E-state index in [1.807, 2.05) is 31.3 Å². The van der Waals surface area contributed by atoms with E-state index in [0.717, 1.165) is 30.8 Å². The first-order valence-electron chi connectivity index (χ1n) is 6.74. The van der Waals surface area contributed by atoms with Crippen molar-refractivity contribution in [3.63, 3.8) is 0 Å². The zero-order valence-corrected chi connectivity index (χ0v) is 11.7. The van der Waals surface area contributed by atoms with Gasteiger partial charge in [-0.05, 0) is 43.3 Å². The van der Waals surface area contributed by atoms with Crippen LogP contribution < -0.4 is 5.73 Å². The summed E-state index contributed by atoms with van der Waals surface area (Å²) in [4.78, 5) is 6.46. The van der Waals surface area contributed by atoms with Gasteiger partial charge in [-0.15, -0.1) is 0 Å². The third-order valence-electron chi connectivity index (χ3n) is 3.26. The molecule has 0 saturated heterocycles. The normalized spacial score (nSPS) is 12.6. The fraction of sp³-hybridized carbons (Fsp3) is 0.312. The van der Waals surface area contributed by atoms with Gasteiger partial charge in [0.15, 0.2) is 0 Å². The molecule has 2 rings (SSSR count). The van der Waals surface area contributed by atoms with Crippen molar-refractivity contribution < 1.29 is 4.39 Å². The molecule has 0 fully saturated rings. The minimum absolute atomic E-state index is 0.142. The Kier molecular flexibility index (Phi) is 5.21. The Bertz CT molecular complexity index is 530. The molecule has 1 atom stereocenters. The summed E-state index contributed by atoms with van der Waals surface area (Å²) in [6, 6.07) is 12.2. The summed E-state index contributed by atoms with van der Waals surface area (Å²) in [7, 11) is 2.03. The highest BCUT2D eigenvalue weighted by molar-refractivity contribution is 5.19. The number of rotatable bonds is 6. The first-order chi connectivity index (χ1) is 9.65. The predicted molar refractivity (Wildman–Crippen MR) is 78.5 cm³/mol. The fourth-order valence-corrected chi connectivity index (χ4v) is 2.11. The van der Waals surface area contributed by atoms with Crippen molar-refractivity contribution in [3.8, 4) is 0 Å². The van der Waals surface area contributed by atoms with Crippen LogP contribution in [0.15, 0.2) is 48.7 Å². The van der Waals surface area contributed by atoms with Crippen molar-refractivity contribution in [2.45, 2.75) is 19.0 Å². The minimum Gasteiger partial charge on any atom is -0.324 e. The quantitative estimate of drug-likeness (QED) is 0.880. The molecule has 0 saturated carbocycles. The van der Waals surface area contributed by atoms with E-state index in [1.165, 1.54) is 12.1 Å². The zero-order valence-electron chi connectivity index (χ0n) is 11.7. The molecular formula is C16H20FN3. The van der Waals surface area contributed by atoms with Gasteiger partial charge in [0.1, 0.15) is 5.82 Å². The molecule has 2 N–H and O–H groups in total. The first kappa shape index (κ1) is 14.6. The molecule has 1 aromatic heterocycles. The zero-order chi connectivity index (χ0) is 14.4. The Morgan fingerprint density at radius 3 is 2.80 bits per heavy atom. The number of nitrogens with two attached hydrogens (primary N) is 1. The van der Waals surface area contributed by atoms with Crippen molar-refractivity contribution in [1.29, 1.82) is 0 Å². The van der Waals surface area contributed by atoms with Gasteiger partial charge >= 0.3 is 0 Å². The maximum Gasteiger partial charge on any atom is 0.123 e. The molecule has 0 spiro atoms. The van der Waals surface area contributed by atoms with Crippen molar-refractivity contribution in [2.24, 2.45) is 5.73 Å². The average Bonchev–Trinajstić information content (AvgIpc) is 2.46. The lowest BCUT2D eigenvalue weighted by atomic mass is 10.0. The van der Waals surface area contributed by atoms with Gasteiger partial charge in [0.05, 0.1) is 5.69 Å². The van der Waals surface area contributed by atoms with Gasteiger partial charge in [0.2, 0.25) is 0 Å². The number of halogens is 1. The molecule has 106 valence electrons. The van der Waals surface area contributed by atoms with E-state index < -0.39 is 0 Å². The van der Waals surface area contributed by atoms with E-state index >= 15 is 0 Å². The van der Waals surface area contributed by atoms with Crippen LogP contribution in [0.4, 0.5) is 4.39 Å².